The monoisotopic (exact) mass is 555 g/mol. The number of carbonyl (C=O) groups is 3. The summed E-state index contributed by atoms with van der Waals surface area (Å²) in [6.45, 7) is 2.32. The number of amides is 3. The summed E-state index contributed by atoms with van der Waals surface area (Å²) in [5, 5.41) is 0.282. The van der Waals surface area contributed by atoms with Gasteiger partial charge in [0.25, 0.3) is 11.1 Å². The first-order chi connectivity index (χ1) is 17.5. The number of rotatable bonds is 6. The highest BCUT2D eigenvalue weighted by Crippen LogP contribution is 2.37. The number of hydrogen-bond donors (Lipinski definition) is 0. The molecule has 0 atom stereocenters. The first kappa shape index (κ1) is 25.0. The van der Waals surface area contributed by atoms with Crippen molar-refractivity contribution in [2.24, 2.45) is 0 Å². The summed E-state index contributed by atoms with van der Waals surface area (Å²) in [6.07, 6.45) is 1.73. The Hall–Kier alpha value is -2.72. The molecule has 0 unspecified atom stereocenters. The van der Waals surface area contributed by atoms with Crippen molar-refractivity contribution < 1.29 is 14.4 Å². The van der Waals surface area contributed by atoms with Gasteiger partial charge >= 0.3 is 0 Å². The number of benzene rings is 2. The Kier molecular flexibility index (Phi) is 7.71. The van der Waals surface area contributed by atoms with Crippen LogP contribution in [0.4, 0.5) is 10.5 Å². The zero-order chi connectivity index (χ0) is 25.1. The molecule has 184 valence electrons. The lowest BCUT2D eigenvalue weighted by Gasteiger charge is -2.36. The van der Waals surface area contributed by atoms with E-state index in [1.165, 1.54) is 11.3 Å². The van der Waals surface area contributed by atoms with E-state index < -0.39 is 11.1 Å². The molecule has 1 aromatic heterocycles. The maximum atomic E-state index is 12.9. The zero-order valence-corrected chi connectivity index (χ0v) is 22.3. The van der Waals surface area contributed by atoms with E-state index in [1.807, 2.05) is 54.6 Å². The highest BCUT2D eigenvalue weighted by molar-refractivity contribution is 8.18. The highest BCUT2D eigenvalue weighted by atomic mass is 35.5. The minimum absolute atomic E-state index is 0.205. The number of imide groups is 1. The lowest BCUT2D eigenvalue weighted by atomic mass is 10.2. The van der Waals surface area contributed by atoms with Gasteiger partial charge in [-0.3, -0.25) is 19.3 Å². The molecule has 3 amide bonds. The summed E-state index contributed by atoms with van der Waals surface area (Å²) in [6, 6.07) is 21.6. The number of para-hydroxylation sites is 1. The van der Waals surface area contributed by atoms with Crippen molar-refractivity contribution in [3.8, 4) is 0 Å². The van der Waals surface area contributed by atoms with Crippen molar-refractivity contribution in [1.29, 1.82) is 0 Å². The Morgan fingerprint density at radius 1 is 0.944 bits per heavy atom. The molecule has 10 heteroatoms. The van der Waals surface area contributed by atoms with Gasteiger partial charge < -0.3 is 9.80 Å². The second kappa shape index (κ2) is 11.1. The molecule has 0 spiro atoms. The minimum Gasteiger partial charge on any atom is -0.368 e. The van der Waals surface area contributed by atoms with Gasteiger partial charge in [-0.1, -0.05) is 41.6 Å². The van der Waals surface area contributed by atoms with E-state index in [4.69, 9.17) is 11.6 Å². The summed E-state index contributed by atoms with van der Waals surface area (Å²) in [4.78, 5) is 45.6. The van der Waals surface area contributed by atoms with E-state index in [2.05, 4.69) is 17.0 Å². The Morgan fingerprint density at radius 3 is 2.39 bits per heavy atom. The second-order valence-electron chi connectivity index (χ2n) is 8.18. The van der Waals surface area contributed by atoms with Crippen molar-refractivity contribution in [1.82, 2.24) is 9.80 Å². The van der Waals surface area contributed by atoms with Crippen LogP contribution in [0.15, 0.2) is 80.7 Å². The van der Waals surface area contributed by atoms with E-state index in [1.54, 1.807) is 22.7 Å². The van der Waals surface area contributed by atoms with Gasteiger partial charge in [-0.15, -0.1) is 11.3 Å². The summed E-state index contributed by atoms with van der Waals surface area (Å²) in [5.74, 6) is -0.620. The molecule has 6 nitrogen and oxygen atoms in total. The molecular weight excluding hydrogens is 534 g/mol. The molecule has 2 aliphatic rings. The van der Waals surface area contributed by atoms with E-state index in [9.17, 15) is 14.4 Å². The van der Waals surface area contributed by atoms with Gasteiger partial charge in [0.2, 0.25) is 5.91 Å². The van der Waals surface area contributed by atoms with Gasteiger partial charge in [0.1, 0.15) is 6.54 Å². The maximum Gasteiger partial charge on any atom is 0.294 e. The van der Waals surface area contributed by atoms with Gasteiger partial charge in [0.15, 0.2) is 0 Å². The molecule has 3 heterocycles. The molecule has 0 saturated carbocycles. The third kappa shape index (κ3) is 5.81. The molecule has 0 aliphatic carbocycles. The first-order valence-electron chi connectivity index (χ1n) is 11.3. The minimum atomic E-state index is -0.415. The zero-order valence-electron chi connectivity index (χ0n) is 19.1. The molecule has 2 aromatic carbocycles. The Labute approximate surface area is 226 Å². The largest absolute Gasteiger partial charge is 0.368 e. The fraction of sp³-hybridized carbons (Fsp3) is 0.192. The topological polar surface area (TPSA) is 60.9 Å². The first-order valence-corrected chi connectivity index (χ1v) is 14.2. The third-order valence-electron chi connectivity index (χ3n) is 5.83. The predicted octanol–water partition coefficient (Wildman–Crippen LogP) is 5.94. The summed E-state index contributed by atoms with van der Waals surface area (Å²) in [5.41, 5.74) is 1.13. The van der Waals surface area contributed by atoms with Crippen molar-refractivity contribution in [3.05, 3.63) is 81.5 Å². The number of hydrogen-bond acceptors (Lipinski definition) is 7. The van der Waals surface area contributed by atoms with Crippen molar-refractivity contribution in [2.45, 2.75) is 9.10 Å². The number of piperazine rings is 1. The normalized spacial score (nSPS) is 17.4. The van der Waals surface area contributed by atoms with Crippen LogP contribution in [0.25, 0.3) is 6.08 Å². The standard InChI is InChI=1S/C26H22ClN3O3S3/c27-18-6-8-20(9-7-18)34-24-11-10-21(35-24)16-22-25(32)30(26(33)36-22)17-23(31)29-14-12-28(13-15-29)19-4-2-1-3-5-19/h1-11,16H,12-15,17H2/b22-16+. The average Bonchev–Trinajstić information content (AvgIpc) is 3.45. The molecule has 0 radical (unpaired) electrons. The quantitative estimate of drug-likeness (QED) is 0.351. The van der Waals surface area contributed by atoms with Crippen LogP contribution < -0.4 is 4.90 Å². The molecule has 2 aliphatic heterocycles. The van der Waals surface area contributed by atoms with Crippen molar-refractivity contribution in [3.63, 3.8) is 0 Å². The third-order valence-corrected chi connectivity index (χ3v) is 9.16. The second-order valence-corrected chi connectivity index (χ2v) is 12.1. The van der Waals surface area contributed by atoms with Crippen LogP contribution in [0.5, 0.6) is 0 Å². The van der Waals surface area contributed by atoms with Crippen LogP contribution in [0, 0.1) is 0 Å². The number of carbonyl (C=O) groups excluding carboxylic acids is 3. The van der Waals surface area contributed by atoms with Gasteiger partial charge in [-0.05, 0) is 66.4 Å². The van der Waals surface area contributed by atoms with E-state index in [0.29, 0.717) is 36.1 Å². The van der Waals surface area contributed by atoms with Crippen LogP contribution in [-0.2, 0) is 9.59 Å². The van der Waals surface area contributed by atoms with Gasteiger partial charge in [-0.25, -0.2) is 0 Å². The highest BCUT2D eigenvalue weighted by Gasteiger charge is 2.37. The Morgan fingerprint density at radius 2 is 1.67 bits per heavy atom. The number of anilines is 1. The van der Waals surface area contributed by atoms with Crippen LogP contribution in [0.3, 0.4) is 0 Å². The molecule has 2 saturated heterocycles. The molecular formula is C26H22ClN3O3S3. The summed E-state index contributed by atoms with van der Waals surface area (Å²) >= 11 is 9.98. The summed E-state index contributed by atoms with van der Waals surface area (Å²) in [7, 11) is 0. The van der Waals surface area contributed by atoms with Gasteiger partial charge in [0, 0.05) is 46.7 Å². The number of halogens is 1. The predicted molar refractivity (Wildman–Crippen MR) is 148 cm³/mol. The molecule has 3 aromatic rings. The number of thioether (sulfide) groups is 1. The Balaban J connectivity index is 1.17. The SMILES string of the molecule is O=C(CN1C(=O)S/C(=C/c2ccc(Sc3ccc(Cl)cc3)s2)C1=O)N1CCN(c2ccccc2)CC1. The van der Waals surface area contributed by atoms with Crippen molar-refractivity contribution >= 4 is 75.3 Å². The van der Waals surface area contributed by atoms with Crippen LogP contribution in [0.1, 0.15) is 4.88 Å². The Bertz CT molecular complexity index is 1300. The lowest BCUT2D eigenvalue weighted by molar-refractivity contribution is -0.136. The van der Waals surface area contributed by atoms with Gasteiger partial charge in [-0.2, -0.15) is 0 Å². The van der Waals surface area contributed by atoms with Crippen molar-refractivity contribution in [2.75, 3.05) is 37.6 Å². The number of nitrogens with zero attached hydrogens (tertiary/aromatic N) is 3. The fourth-order valence-electron chi connectivity index (χ4n) is 3.94. The summed E-state index contributed by atoms with van der Waals surface area (Å²) < 4.78 is 1.06. The van der Waals surface area contributed by atoms with E-state index in [-0.39, 0.29) is 12.5 Å². The van der Waals surface area contributed by atoms with Crippen LogP contribution >= 0.6 is 46.5 Å². The average molecular weight is 556 g/mol. The van der Waals surface area contributed by atoms with Gasteiger partial charge in [0.05, 0.1) is 9.11 Å². The van der Waals surface area contributed by atoms with E-state index in [0.717, 1.165) is 36.3 Å². The fourth-order valence-corrected chi connectivity index (χ4v) is 7.03. The maximum absolute atomic E-state index is 12.9. The molecule has 5 rings (SSSR count). The molecule has 0 N–H and O–H groups in total. The van der Waals surface area contributed by atoms with E-state index >= 15 is 0 Å². The van der Waals surface area contributed by atoms with Crippen LogP contribution in [0.2, 0.25) is 5.02 Å². The molecule has 36 heavy (non-hydrogen) atoms. The van der Waals surface area contributed by atoms with Crippen LogP contribution in [-0.4, -0.2) is 59.6 Å². The smallest absolute Gasteiger partial charge is 0.294 e. The molecule has 2 fully saturated rings. The number of thiophene rings is 1. The molecule has 0 bridgehead atoms. The lowest BCUT2D eigenvalue weighted by Crippen LogP contribution is -2.51.